The second-order valence-corrected chi connectivity index (χ2v) is 13.0. The van der Waals surface area contributed by atoms with Gasteiger partial charge in [0.1, 0.15) is 0 Å². The van der Waals surface area contributed by atoms with Crippen molar-refractivity contribution in [3.8, 4) is 0 Å². The Morgan fingerprint density at radius 2 is 1.58 bits per heavy atom. The number of carbonyl (C=O) groups is 1. The van der Waals surface area contributed by atoms with Gasteiger partial charge in [0, 0.05) is 19.1 Å². The number of nitrogens with one attached hydrogen (secondary N) is 1. The van der Waals surface area contributed by atoms with Crippen LogP contribution in [0.25, 0.3) is 0 Å². The van der Waals surface area contributed by atoms with Crippen molar-refractivity contribution < 1.29 is 26.7 Å². The second-order valence-electron chi connectivity index (χ2n) is 8.94. The van der Waals surface area contributed by atoms with Crippen molar-refractivity contribution in [3.63, 3.8) is 0 Å². The van der Waals surface area contributed by atoms with Gasteiger partial charge in [-0.05, 0) is 35.7 Å². The normalized spacial score (nSPS) is 19.4. The first-order chi connectivity index (χ1) is 17.1. The fraction of sp³-hybridized carbons (Fsp3) is 0.269. The highest BCUT2D eigenvalue weighted by Crippen LogP contribution is 2.30. The van der Waals surface area contributed by atoms with E-state index in [1.807, 2.05) is 36.4 Å². The van der Waals surface area contributed by atoms with E-state index in [4.69, 9.17) is 0 Å². The summed E-state index contributed by atoms with van der Waals surface area (Å²) in [5, 5.41) is 12.7. The molecule has 0 saturated carbocycles. The summed E-state index contributed by atoms with van der Waals surface area (Å²) in [7, 11) is -7.79. The first-order valence-electron chi connectivity index (χ1n) is 11.4. The molecule has 1 fully saturated rings. The second kappa shape index (κ2) is 10.5. The largest absolute Gasteiger partial charge is 0.478 e. The quantitative estimate of drug-likeness (QED) is 0.438. The molecule has 1 heterocycles. The van der Waals surface area contributed by atoms with Crippen molar-refractivity contribution in [1.29, 1.82) is 0 Å². The Labute approximate surface area is 211 Å². The molecule has 0 aromatic heterocycles. The van der Waals surface area contributed by atoms with Gasteiger partial charge in [-0.1, -0.05) is 66.7 Å². The van der Waals surface area contributed by atoms with E-state index in [9.17, 15) is 26.7 Å². The maximum atomic E-state index is 14.1. The summed E-state index contributed by atoms with van der Waals surface area (Å²) in [5.41, 5.74) is 1.87. The van der Waals surface area contributed by atoms with Crippen LogP contribution in [0.3, 0.4) is 0 Å². The van der Waals surface area contributed by atoms with Gasteiger partial charge in [-0.25, -0.2) is 21.6 Å². The molecule has 0 aliphatic carbocycles. The fourth-order valence-corrected chi connectivity index (χ4v) is 8.38. The third-order valence-electron chi connectivity index (χ3n) is 6.31. The molecule has 0 bridgehead atoms. The van der Waals surface area contributed by atoms with Crippen LogP contribution in [0.2, 0.25) is 0 Å². The standard InChI is InChI=1S/C26H28N2O6S2/c1-19-12-13-22(26(29)30)14-25(19)36(33,34)28(16-21-10-6-3-7-11-21)24-18-35(31,32)17-23(24)27-15-20-8-4-2-5-9-20/h2-14,23-24,27H,15-18H2,1H3,(H,29,30)/t23-,24+/m0/s1. The summed E-state index contributed by atoms with van der Waals surface area (Å²) >= 11 is 0. The van der Waals surface area contributed by atoms with Gasteiger partial charge >= 0.3 is 5.97 Å². The van der Waals surface area contributed by atoms with Crippen LogP contribution in [-0.4, -0.2) is 55.8 Å². The Hall–Kier alpha value is -3.05. The fourth-order valence-electron chi connectivity index (χ4n) is 4.43. The SMILES string of the molecule is Cc1ccc(C(=O)O)cc1S(=O)(=O)N(Cc1ccccc1)[C@@H]1CS(=O)(=O)C[C@@H]1NCc1ccccc1. The lowest BCUT2D eigenvalue weighted by Crippen LogP contribution is -2.51. The Balaban J connectivity index is 1.76. The number of benzene rings is 3. The lowest BCUT2D eigenvalue weighted by Gasteiger charge is -2.32. The van der Waals surface area contributed by atoms with Crippen molar-refractivity contribution in [2.75, 3.05) is 11.5 Å². The molecule has 3 aromatic carbocycles. The highest BCUT2D eigenvalue weighted by atomic mass is 32.2. The van der Waals surface area contributed by atoms with Gasteiger partial charge in [0.15, 0.2) is 9.84 Å². The lowest BCUT2D eigenvalue weighted by atomic mass is 10.1. The minimum atomic E-state index is -4.27. The molecule has 190 valence electrons. The average molecular weight is 529 g/mol. The molecule has 3 aromatic rings. The zero-order chi connectivity index (χ0) is 25.9. The molecule has 1 aliphatic rings. The van der Waals surface area contributed by atoms with Crippen LogP contribution in [0.15, 0.2) is 83.8 Å². The van der Waals surface area contributed by atoms with E-state index < -0.39 is 37.9 Å². The number of aromatic carboxylic acids is 1. The van der Waals surface area contributed by atoms with Gasteiger partial charge < -0.3 is 10.4 Å². The lowest BCUT2D eigenvalue weighted by molar-refractivity contribution is 0.0696. The monoisotopic (exact) mass is 528 g/mol. The van der Waals surface area contributed by atoms with Crippen molar-refractivity contribution in [2.24, 2.45) is 0 Å². The van der Waals surface area contributed by atoms with Gasteiger partial charge in [0.05, 0.1) is 28.0 Å². The Bertz CT molecular complexity index is 1440. The maximum Gasteiger partial charge on any atom is 0.335 e. The summed E-state index contributed by atoms with van der Waals surface area (Å²) in [4.78, 5) is 11.4. The number of sulfonamides is 1. The molecule has 0 unspecified atom stereocenters. The van der Waals surface area contributed by atoms with Gasteiger partial charge in [-0.2, -0.15) is 4.31 Å². The molecule has 1 saturated heterocycles. The van der Waals surface area contributed by atoms with Crippen LogP contribution in [0, 0.1) is 6.92 Å². The Kier molecular flexibility index (Phi) is 7.60. The predicted octanol–water partition coefficient (Wildman–Crippen LogP) is 2.84. The molecule has 1 aliphatic heterocycles. The van der Waals surface area contributed by atoms with E-state index in [1.54, 1.807) is 31.2 Å². The van der Waals surface area contributed by atoms with E-state index >= 15 is 0 Å². The van der Waals surface area contributed by atoms with Crippen LogP contribution in [0.5, 0.6) is 0 Å². The van der Waals surface area contributed by atoms with Crippen LogP contribution < -0.4 is 5.32 Å². The highest BCUT2D eigenvalue weighted by molar-refractivity contribution is 7.92. The number of hydrogen-bond acceptors (Lipinski definition) is 6. The first-order valence-corrected chi connectivity index (χ1v) is 14.7. The van der Waals surface area contributed by atoms with E-state index in [-0.39, 0.29) is 28.5 Å². The highest BCUT2D eigenvalue weighted by Gasteiger charge is 2.45. The number of sulfone groups is 1. The zero-order valence-electron chi connectivity index (χ0n) is 19.7. The number of rotatable bonds is 9. The average Bonchev–Trinajstić information content (AvgIpc) is 3.16. The van der Waals surface area contributed by atoms with Gasteiger partial charge in [0.25, 0.3) is 0 Å². The molecular formula is C26H28N2O6S2. The summed E-state index contributed by atoms with van der Waals surface area (Å²) in [5.74, 6) is -1.77. The number of hydrogen-bond donors (Lipinski definition) is 2. The molecule has 0 radical (unpaired) electrons. The van der Waals surface area contributed by atoms with Gasteiger partial charge in [0.2, 0.25) is 10.0 Å². The third-order valence-corrected chi connectivity index (χ3v) is 10.0. The van der Waals surface area contributed by atoms with E-state index in [2.05, 4.69) is 5.32 Å². The van der Waals surface area contributed by atoms with E-state index in [0.29, 0.717) is 17.7 Å². The summed E-state index contributed by atoms with van der Waals surface area (Å²) in [6.07, 6.45) is 0. The molecule has 0 spiro atoms. The summed E-state index contributed by atoms with van der Waals surface area (Å²) in [6.45, 7) is 1.92. The van der Waals surface area contributed by atoms with Crippen LogP contribution in [0.1, 0.15) is 27.0 Å². The predicted molar refractivity (Wildman–Crippen MR) is 137 cm³/mol. The van der Waals surface area contributed by atoms with Gasteiger partial charge in [-0.3, -0.25) is 0 Å². The smallest absolute Gasteiger partial charge is 0.335 e. The molecule has 36 heavy (non-hydrogen) atoms. The van der Waals surface area contributed by atoms with Crippen molar-refractivity contribution in [1.82, 2.24) is 9.62 Å². The van der Waals surface area contributed by atoms with Crippen LogP contribution in [-0.2, 0) is 33.0 Å². The minimum Gasteiger partial charge on any atom is -0.478 e. The maximum absolute atomic E-state index is 14.1. The van der Waals surface area contributed by atoms with E-state index in [1.165, 1.54) is 16.4 Å². The Morgan fingerprint density at radius 3 is 2.19 bits per heavy atom. The van der Waals surface area contributed by atoms with Crippen molar-refractivity contribution >= 4 is 25.8 Å². The van der Waals surface area contributed by atoms with Crippen molar-refractivity contribution in [2.45, 2.75) is 37.0 Å². The van der Waals surface area contributed by atoms with Crippen molar-refractivity contribution in [3.05, 3.63) is 101 Å². The summed E-state index contributed by atoms with van der Waals surface area (Å²) < 4.78 is 54.8. The molecule has 10 heteroatoms. The number of carboxylic acid groups (broad SMARTS) is 1. The zero-order valence-corrected chi connectivity index (χ0v) is 21.4. The topological polar surface area (TPSA) is 121 Å². The minimum absolute atomic E-state index is 0.0520. The number of carboxylic acids is 1. The summed E-state index contributed by atoms with van der Waals surface area (Å²) in [6, 6.07) is 20.8. The number of nitrogens with zero attached hydrogens (tertiary/aromatic N) is 1. The van der Waals surface area contributed by atoms with Crippen LogP contribution >= 0.6 is 0 Å². The van der Waals surface area contributed by atoms with Gasteiger partial charge in [-0.15, -0.1) is 0 Å². The van der Waals surface area contributed by atoms with Crippen LogP contribution in [0.4, 0.5) is 0 Å². The molecular weight excluding hydrogens is 500 g/mol. The molecule has 8 nitrogen and oxygen atoms in total. The van der Waals surface area contributed by atoms with E-state index in [0.717, 1.165) is 11.6 Å². The number of aryl methyl sites for hydroxylation is 1. The first kappa shape index (κ1) is 26.0. The molecule has 0 amide bonds. The Morgan fingerprint density at radius 1 is 0.972 bits per heavy atom. The third kappa shape index (κ3) is 5.84. The molecule has 4 rings (SSSR count). The molecule has 2 atom stereocenters. The molecule has 2 N–H and O–H groups in total.